The number of ether oxygens (including phenoxy) is 1. The van der Waals surface area contributed by atoms with E-state index in [4.69, 9.17) is 14.7 Å². The number of thiazole rings is 1. The summed E-state index contributed by atoms with van der Waals surface area (Å²) in [5, 5.41) is 26.6. The van der Waals surface area contributed by atoms with E-state index in [9.17, 15) is 10.4 Å². The van der Waals surface area contributed by atoms with E-state index < -0.39 is 0 Å². The molecule has 1 fully saturated rings. The maximum Gasteiger partial charge on any atom is 0.228 e. The predicted molar refractivity (Wildman–Crippen MR) is 138 cm³/mol. The van der Waals surface area contributed by atoms with Crippen LogP contribution in [0.1, 0.15) is 34.9 Å². The third kappa shape index (κ3) is 4.73. The molecule has 4 aromatic rings. The highest BCUT2D eigenvalue weighted by Crippen LogP contribution is 2.41. The molecular formula is C25H26N8O2S. The Balaban J connectivity index is 1.60. The average Bonchev–Trinajstić information content (AvgIpc) is 3.65. The summed E-state index contributed by atoms with van der Waals surface area (Å²) in [5.74, 6) is 1.48. The fraction of sp³-hybridized carbons (Fsp3) is 0.320. The van der Waals surface area contributed by atoms with Crippen LogP contribution in [0.25, 0.3) is 11.3 Å². The number of hydrogen-bond acceptors (Lipinski definition) is 10. The van der Waals surface area contributed by atoms with Crippen molar-refractivity contribution in [2.24, 2.45) is 0 Å². The fourth-order valence-corrected chi connectivity index (χ4v) is 4.99. The first-order valence-corrected chi connectivity index (χ1v) is 12.5. The minimum absolute atomic E-state index is 0.0165. The molecule has 1 aliphatic heterocycles. The lowest BCUT2D eigenvalue weighted by Gasteiger charge is -2.26. The van der Waals surface area contributed by atoms with Gasteiger partial charge in [-0.05, 0) is 25.3 Å². The molecule has 2 N–H and O–H groups in total. The van der Waals surface area contributed by atoms with E-state index in [2.05, 4.69) is 57.6 Å². The highest BCUT2D eigenvalue weighted by molar-refractivity contribution is 7.16. The number of anilines is 3. The Kier molecular flexibility index (Phi) is 6.79. The third-order valence-electron chi connectivity index (χ3n) is 6.11. The van der Waals surface area contributed by atoms with E-state index in [1.165, 1.54) is 28.7 Å². The highest BCUT2D eigenvalue weighted by atomic mass is 32.1. The van der Waals surface area contributed by atoms with E-state index in [0.717, 1.165) is 24.9 Å². The van der Waals surface area contributed by atoms with Gasteiger partial charge in [0.1, 0.15) is 16.6 Å². The second kappa shape index (κ2) is 10.3. The summed E-state index contributed by atoms with van der Waals surface area (Å²) in [6.45, 7) is 3.27. The molecule has 0 radical (unpaired) electrons. The van der Waals surface area contributed by atoms with Gasteiger partial charge in [0.05, 0.1) is 38.7 Å². The lowest BCUT2D eigenvalue weighted by Crippen LogP contribution is -2.25. The van der Waals surface area contributed by atoms with E-state index in [-0.39, 0.29) is 12.6 Å². The molecule has 1 aliphatic rings. The molecular weight excluding hydrogens is 476 g/mol. The summed E-state index contributed by atoms with van der Waals surface area (Å²) in [7, 11) is 1.57. The number of benzene rings is 1. The van der Waals surface area contributed by atoms with Crippen LogP contribution in [0.15, 0.2) is 42.9 Å². The van der Waals surface area contributed by atoms with Gasteiger partial charge >= 0.3 is 0 Å². The van der Waals surface area contributed by atoms with E-state index in [1.807, 2.05) is 6.20 Å². The molecule has 1 aromatic carbocycles. The van der Waals surface area contributed by atoms with Crippen molar-refractivity contribution in [1.82, 2.24) is 24.7 Å². The highest BCUT2D eigenvalue weighted by Gasteiger charge is 2.30. The Morgan fingerprint density at radius 1 is 1.25 bits per heavy atom. The SMILES string of the molecule is COc1c(Nc2ncc(C#N)s2)nc(N2CCCC2c2ccc(C)cc2)nc1-c1cnn(CCO)c1. The molecule has 1 atom stereocenters. The zero-order valence-electron chi connectivity index (χ0n) is 20.0. The third-order valence-corrected chi connectivity index (χ3v) is 6.92. The van der Waals surface area contributed by atoms with E-state index >= 15 is 0 Å². The van der Waals surface area contributed by atoms with Gasteiger partial charge in [0.15, 0.2) is 16.7 Å². The first-order chi connectivity index (χ1) is 17.6. The summed E-state index contributed by atoms with van der Waals surface area (Å²) < 4.78 is 7.43. The van der Waals surface area contributed by atoms with Crippen LogP contribution in [0.4, 0.5) is 16.9 Å². The van der Waals surface area contributed by atoms with E-state index in [1.54, 1.807) is 18.0 Å². The van der Waals surface area contributed by atoms with Crippen molar-refractivity contribution in [3.63, 3.8) is 0 Å². The molecule has 0 saturated carbocycles. The van der Waals surface area contributed by atoms with Gasteiger partial charge in [-0.2, -0.15) is 15.3 Å². The van der Waals surface area contributed by atoms with E-state index in [0.29, 0.717) is 39.8 Å². The van der Waals surface area contributed by atoms with Crippen LogP contribution in [0.5, 0.6) is 5.75 Å². The Labute approximate surface area is 212 Å². The number of nitriles is 1. The molecule has 4 heterocycles. The van der Waals surface area contributed by atoms with Crippen molar-refractivity contribution in [2.45, 2.75) is 32.4 Å². The molecule has 3 aromatic heterocycles. The van der Waals surface area contributed by atoms with Crippen molar-refractivity contribution in [2.75, 3.05) is 30.5 Å². The standard InChI is InChI=1S/C25H26N8O2S/c1-16-5-7-17(8-6-16)20-4-3-9-33(20)24-29-21(18-13-28-32(15-18)10-11-34)22(35-2)23(30-24)31-25-27-14-19(12-26)36-25/h5-8,13-15,20,34H,3-4,9-11H2,1-2H3,(H,27,29,30,31). The Hall–Kier alpha value is -4.01. The number of aromatic nitrogens is 5. The average molecular weight is 503 g/mol. The number of methoxy groups -OCH3 is 1. The molecule has 1 saturated heterocycles. The summed E-state index contributed by atoms with van der Waals surface area (Å²) >= 11 is 1.24. The molecule has 1 unspecified atom stereocenters. The van der Waals surface area contributed by atoms with Gasteiger partial charge in [0, 0.05) is 18.3 Å². The summed E-state index contributed by atoms with van der Waals surface area (Å²) in [6, 6.07) is 10.9. The fourth-order valence-electron chi connectivity index (χ4n) is 4.38. The van der Waals surface area contributed by atoms with Crippen molar-refractivity contribution in [1.29, 1.82) is 5.26 Å². The van der Waals surface area contributed by atoms with Gasteiger partial charge in [-0.3, -0.25) is 4.68 Å². The van der Waals surface area contributed by atoms with Crippen molar-refractivity contribution >= 4 is 28.2 Å². The number of rotatable bonds is 8. The summed E-state index contributed by atoms with van der Waals surface area (Å²) in [6.07, 6.45) is 7.08. The molecule has 184 valence electrons. The zero-order chi connectivity index (χ0) is 25.1. The van der Waals surface area contributed by atoms with Crippen LogP contribution < -0.4 is 15.0 Å². The molecule has 11 heteroatoms. The molecule has 5 rings (SSSR count). The van der Waals surface area contributed by atoms with Gasteiger partial charge in [-0.25, -0.2) is 9.97 Å². The minimum Gasteiger partial charge on any atom is -0.491 e. The van der Waals surface area contributed by atoms with Gasteiger partial charge < -0.3 is 20.1 Å². The Morgan fingerprint density at radius 3 is 2.81 bits per heavy atom. The normalized spacial score (nSPS) is 15.2. The van der Waals surface area contributed by atoms with Gasteiger partial charge in [0.25, 0.3) is 0 Å². The van der Waals surface area contributed by atoms with Gasteiger partial charge in [-0.1, -0.05) is 41.2 Å². The summed E-state index contributed by atoms with van der Waals surface area (Å²) in [5.41, 5.74) is 3.77. The van der Waals surface area contributed by atoms with Crippen LogP contribution in [-0.2, 0) is 6.54 Å². The maximum absolute atomic E-state index is 9.32. The largest absolute Gasteiger partial charge is 0.491 e. The summed E-state index contributed by atoms with van der Waals surface area (Å²) in [4.78, 5) is 16.8. The number of aliphatic hydroxyl groups is 1. The first-order valence-electron chi connectivity index (χ1n) is 11.7. The number of aryl methyl sites for hydroxylation is 1. The molecule has 10 nitrogen and oxygen atoms in total. The van der Waals surface area contributed by atoms with Crippen LogP contribution in [0, 0.1) is 18.3 Å². The quantitative estimate of drug-likeness (QED) is 0.367. The molecule has 0 amide bonds. The van der Waals surface area contributed by atoms with Crippen molar-refractivity contribution in [3.8, 4) is 23.1 Å². The lowest BCUT2D eigenvalue weighted by atomic mass is 10.0. The number of nitrogens with zero attached hydrogens (tertiary/aromatic N) is 7. The van der Waals surface area contributed by atoms with Crippen LogP contribution in [0.2, 0.25) is 0 Å². The lowest BCUT2D eigenvalue weighted by molar-refractivity contribution is 0.269. The maximum atomic E-state index is 9.32. The monoisotopic (exact) mass is 502 g/mol. The Morgan fingerprint density at radius 2 is 2.08 bits per heavy atom. The zero-order valence-corrected chi connectivity index (χ0v) is 20.9. The predicted octanol–water partition coefficient (Wildman–Crippen LogP) is 4.06. The van der Waals surface area contributed by atoms with Gasteiger partial charge in [0.2, 0.25) is 5.95 Å². The van der Waals surface area contributed by atoms with Crippen LogP contribution in [-0.4, -0.2) is 50.1 Å². The smallest absolute Gasteiger partial charge is 0.228 e. The number of hydrogen-bond donors (Lipinski definition) is 2. The number of aliphatic hydroxyl groups excluding tert-OH is 1. The second-order valence-electron chi connectivity index (χ2n) is 8.50. The second-order valence-corrected chi connectivity index (χ2v) is 9.53. The minimum atomic E-state index is -0.0165. The van der Waals surface area contributed by atoms with Crippen LogP contribution in [0.3, 0.4) is 0 Å². The Bertz CT molecular complexity index is 1390. The van der Waals surface area contributed by atoms with Crippen molar-refractivity contribution in [3.05, 3.63) is 58.9 Å². The van der Waals surface area contributed by atoms with Crippen LogP contribution >= 0.6 is 11.3 Å². The molecule has 0 spiro atoms. The van der Waals surface area contributed by atoms with Gasteiger partial charge in [-0.15, -0.1) is 0 Å². The number of nitrogens with one attached hydrogen (secondary N) is 1. The molecule has 0 bridgehead atoms. The molecule has 0 aliphatic carbocycles. The molecule has 36 heavy (non-hydrogen) atoms. The topological polar surface area (TPSA) is 125 Å². The van der Waals surface area contributed by atoms with Crippen molar-refractivity contribution < 1.29 is 9.84 Å². The first kappa shape index (κ1) is 23.7.